The Balaban J connectivity index is 1.71. The number of guanidine groups is 1. The minimum Gasteiger partial charge on any atom is -0.508 e. The lowest BCUT2D eigenvalue weighted by atomic mass is 10.0. The highest BCUT2D eigenvalue weighted by atomic mass is 32.2. The van der Waals surface area contributed by atoms with Crippen molar-refractivity contribution in [3.8, 4) is 5.75 Å². The molecule has 6 amide bonds. The second kappa shape index (κ2) is 26.6. The summed E-state index contributed by atoms with van der Waals surface area (Å²) in [6, 6.07) is 16.6. The highest BCUT2D eigenvalue weighted by Crippen LogP contribution is 2.12. The van der Waals surface area contributed by atoms with Gasteiger partial charge in [0, 0.05) is 19.4 Å². The number of aromatic hydroxyl groups is 1. The summed E-state index contributed by atoms with van der Waals surface area (Å²) in [5.41, 5.74) is 19.0. The van der Waals surface area contributed by atoms with E-state index in [1.165, 1.54) is 30.8 Å². The van der Waals surface area contributed by atoms with Crippen LogP contribution in [0.15, 0.2) is 89.9 Å². The number of rotatable bonds is 26. The smallest absolute Gasteiger partial charge is 0.326 e. The summed E-state index contributed by atoms with van der Waals surface area (Å²) in [6.07, 6.45) is 2.31. The summed E-state index contributed by atoms with van der Waals surface area (Å²) in [5.74, 6) is -5.26. The van der Waals surface area contributed by atoms with Crippen LogP contribution in [0.3, 0.4) is 0 Å². The van der Waals surface area contributed by atoms with Gasteiger partial charge in [0.2, 0.25) is 35.4 Å². The Hall–Kier alpha value is -6.67. The van der Waals surface area contributed by atoms with Crippen LogP contribution in [0.2, 0.25) is 0 Å². The number of nitrogens with one attached hydrogen (secondary N) is 6. The molecule has 0 aliphatic carbocycles. The fourth-order valence-corrected chi connectivity index (χ4v) is 6.60. The number of phenols is 1. The van der Waals surface area contributed by atoms with Crippen molar-refractivity contribution in [1.29, 1.82) is 0 Å². The Morgan fingerprint density at radius 2 is 1.14 bits per heavy atom. The van der Waals surface area contributed by atoms with Crippen molar-refractivity contribution < 1.29 is 43.8 Å². The second-order valence-corrected chi connectivity index (χ2v) is 15.7. The minimum atomic E-state index is -1.32. The molecule has 0 radical (unpaired) electrons. The molecule has 0 aromatic heterocycles. The number of aliphatic imine (C=N–C) groups is 1. The molecule has 0 saturated carbocycles. The summed E-state index contributed by atoms with van der Waals surface area (Å²) in [5, 5.41) is 34.9. The zero-order valence-electron chi connectivity index (χ0n) is 35.3. The summed E-state index contributed by atoms with van der Waals surface area (Å²) in [6.45, 7) is 0.967. The summed E-state index contributed by atoms with van der Waals surface area (Å²) < 4.78 is 0. The number of nitrogens with two attached hydrogens (primary N) is 3. The van der Waals surface area contributed by atoms with Crippen molar-refractivity contribution in [3.63, 3.8) is 0 Å². The normalized spacial score (nSPS) is 13.6. The average Bonchev–Trinajstić information content (AvgIpc) is 3.25. The van der Waals surface area contributed by atoms with Crippen LogP contribution in [-0.4, -0.2) is 119 Å². The van der Waals surface area contributed by atoms with E-state index in [9.17, 15) is 43.8 Å². The van der Waals surface area contributed by atoms with E-state index in [1.807, 2.05) is 0 Å². The van der Waals surface area contributed by atoms with E-state index in [0.29, 0.717) is 22.4 Å². The van der Waals surface area contributed by atoms with E-state index in [0.717, 1.165) is 0 Å². The third-order valence-electron chi connectivity index (χ3n) is 9.56. The number of carbonyl (C=O) groups is 7. The molecule has 0 unspecified atom stereocenters. The summed E-state index contributed by atoms with van der Waals surface area (Å²) >= 11 is 1.40. The van der Waals surface area contributed by atoms with Crippen molar-refractivity contribution in [1.82, 2.24) is 31.9 Å². The zero-order chi connectivity index (χ0) is 46.3. The Labute approximate surface area is 370 Å². The Morgan fingerprint density at radius 3 is 1.68 bits per heavy atom. The van der Waals surface area contributed by atoms with Crippen LogP contribution in [0, 0.1) is 0 Å². The van der Waals surface area contributed by atoms with Gasteiger partial charge in [0.25, 0.3) is 0 Å². The number of benzene rings is 3. The number of carboxylic acids is 1. The number of hydrogen-bond acceptors (Lipinski definition) is 11. The lowest BCUT2D eigenvalue weighted by Crippen LogP contribution is -2.58. The van der Waals surface area contributed by atoms with Crippen LogP contribution < -0.4 is 49.1 Å². The number of aliphatic carboxylic acids is 1. The van der Waals surface area contributed by atoms with Crippen molar-refractivity contribution in [2.24, 2.45) is 22.2 Å². The molecule has 0 heterocycles. The monoisotopic (exact) mass is 890 g/mol. The highest BCUT2D eigenvalue weighted by Gasteiger charge is 2.32. The van der Waals surface area contributed by atoms with Crippen molar-refractivity contribution >= 4 is 59.1 Å². The number of carboxylic acid groups (broad SMARTS) is 1. The first-order valence-corrected chi connectivity index (χ1v) is 21.6. The van der Waals surface area contributed by atoms with E-state index in [1.54, 1.807) is 79.1 Å². The molecule has 0 bridgehead atoms. The SMILES string of the molecule is CSCC[C@H](NC(=O)[C@H](Cc1ccccc1)NC(=O)CNC(=O)[C@@H](C)NC(=O)[C@@H](N)Cc1ccc(O)cc1)C(=O)N[C@@H](CCCN=C(N)N)C(=O)N[C@@H](Cc1ccccc1)C(=O)O. The van der Waals surface area contributed by atoms with E-state index in [-0.39, 0.29) is 56.8 Å². The van der Waals surface area contributed by atoms with Crippen LogP contribution in [0.4, 0.5) is 0 Å². The Bertz CT molecular complexity index is 2000. The van der Waals surface area contributed by atoms with Crippen LogP contribution in [0.5, 0.6) is 5.75 Å². The first-order chi connectivity index (χ1) is 30.1. The van der Waals surface area contributed by atoms with Crippen LogP contribution in [-0.2, 0) is 52.8 Å². The molecule has 0 saturated heterocycles. The molecule has 0 aliphatic heterocycles. The first kappa shape index (κ1) is 50.7. The molecule has 0 spiro atoms. The van der Waals surface area contributed by atoms with Gasteiger partial charge in [-0.1, -0.05) is 72.8 Å². The number of phenolic OH excluding ortho intramolecular Hbond substituents is 1. The maximum atomic E-state index is 14.0. The van der Waals surface area contributed by atoms with E-state index < -0.39 is 84.2 Å². The van der Waals surface area contributed by atoms with Gasteiger partial charge in [0.05, 0.1) is 12.6 Å². The van der Waals surface area contributed by atoms with Crippen LogP contribution >= 0.6 is 11.8 Å². The molecule has 340 valence electrons. The average molecular weight is 891 g/mol. The van der Waals surface area contributed by atoms with E-state index >= 15 is 0 Å². The molecule has 6 atom stereocenters. The lowest BCUT2D eigenvalue weighted by molar-refractivity contribution is -0.142. The molecule has 14 N–H and O–H groups in total. The molecule has 0 fully saturated rings. The van der Waals surface area contributed by atoms with Crippen molar-refractivity contribution in [2.45, 2.75) is 81.7 Å². The first-order valence-electron chi connectivity index (χ1n) is 20.2. The Morgan fingerprint density at radius 1 is 0.635 bits per heavy atom. The predicted molar refractivity (Wildman–Crippen MR) is 239 cm³/mol. The van der Waals surface area contributed by atoms with Gasteiger partial charge in [-0.2, -0.15) is 11.8 Å². The minimum absolute atomic E-state index is 0.00240. The summed E-state index contributed by atoms with van der Waals surface area (Å²) in [7, 11) is 0. The van der Waals surface area contributed by atoms with Gasteiger partial charge >= 0.3 is 5.97 Å². The van der Waals surface area contributed by atoms with E-state index in [2.05, 4.69) is 36.9 Å². The molecular formula is C43H58N10O9S. The molecule has 0 aliphatic rings. The van der Waals surface area contributed by atoms with Crippen LogP contribution in [0.25, 0.3) is 0 Å². The molecule has 3 aromatic rings. The molecule has 63 heavy (non-hydrogen) atoms. The van der Waals surface area contributed by atoms with Gasteiger partial charge in [-0.25, -0.2) is 4.79 Å². The maximum absolute atomic E-state index is 14.0. The molecule has 20 heteroatoms. The number of hydrogen-bond donors (Lipinski definition) is 11. The molecule has 3 rings (SSSR count). The quantitative estimate of drug-likeness (QED) is 0.0268. The number of thioether (sulfide) groups is 1. The predicted octanol–water partition coefficient (Wildman–Crippen LogP) is -0.801. The van der Waals surface area contributed by atoms with Gasteiger partial charge in [-0.05, 0) is 73.4 Å². The molecule has 19 nitrogen and oxygen atoms in total. The molecule has 3 aromatic carbocycles. The van der Waals surface area contributed by atoms with E-state index in [4.69, 9.17) is 17.2 Å². The third-order valence-corrected chi connectivity index (χ3v) is 10.2. The fraction of sp³-hybridized carbons (Fsp3) is 0.395. The van der Waals surface area contributed by atoms with Gasteiger partial charge in [0.1, 0.15) is 36.0 Å². The van der Waals surface area contributed by atoms with Crippen LogP contribution in [0.1, 0.15) is 42.9 Å². The number of carbonyl (C=O) groups excluding carboxylic acids is 6. The number of nitrogens with zero attached hydrogens (tertiary/aromatic N) is 1. The lowest BCUT2D eigenvalue weighted by Gasteiger charge is -2.26. The standard InChI is InChI=1S/C43H58N10O9S/c1-26(49-38(57)31(44)22-29-15-17-30(54)18-16-29)37(56)48-25-36(55)50-34(23-27-10-5-3-6-11-27)41(60)52-33(19-21-63-2)40(59)51-32(14-9-20-47-43(45)46)39(58)53-35(42(61)62)24-28-12-7-4-8-13-28/h3-8,10-13,15-18,26,31-35,54H,9,14,19-25,44H2,1-2H3,(H,48,56)(H,49,57)(H,50,55)(H,51,59)(H,52,60)(H,53,58)(H,61,62)(H4,45,46,47)/t26-,31+,32+,33+,34+,35+/m1/s1. The zero-order valence-corrected chi connectivity index (χ0v) is 36.1. The van der Waals surface area contributed by atoms with Gasteiger partial charge in [-0.3, -0.25) is 33.8 Å². The highest BCUT2D eigenvalue weighted by molar-refractivity contribution is 7.98. The van der Waals surface area contributed by atoms with Crippen molar-refractivity contribution in [2.75, 3.05) is 25.1 Å². The second-order valence-electron chi connectivity index (χ2n) is 14.7. The fourth-order valence-electron chi connectivity index (χ4n) is 6.13. The van der Waals surface area contributed by atoms with Crippen molar-refractivity contribution in [3.05, 3.63) is 102 Å². The van der Waals surface area contributed by atoms with Gasteiger partial charge < -0.3 is 59.3 Å². The van der Waals surface area contributed by atoms with Gasteiger partial charge in [0.15, 0.2) is 5.96 Å². The summed E-state index contributed by atoms with van der Waals surface area (Å²) in [4.78, 5) is 96.5. The molecular weight excluding hydrogens is 833 g/mol. The Kier molecular flexibility index (Phi) is 21.4. The number of amides is 6. The topological polar surface area (TPSA) is 323 Å². The maximum Gasteiger partial charge on any atom is 0.326 e. The largest absolute Gasteiger partial charge is 0.508 e. The van der Waals surface area contributed by atoms with Gasteiger partial charge in [-0.15, -0.1) is 0 Å². The third kappa shape index (κ3) is 18.9.